The van der Waals surface area contributed by atoms with Crippen molar-refractivity contribution >= 4 is 28.3 Å². The Bertz CT molecular complexity index is 649. The molecule has 0 radical (unpaired) electrons. The van der Waals surface area contributed by atoms with Crippen molar-refractivity contribution in [3.63, 3.8) is 0 Å². The molecule has 0 saturated carbocycles. The zero-order valence-electron chi connectivity index (χ0n) is 10.5. The highest BCUT2D eigenvalue weighted by atomic mass is 32.2. The van der Waals surface area contributed by atoms with Crippen molar-refractivity contribution in [3.05, 3.63) is 66.2 Å². The first kappa shape index (κ1) is 12.1. The van der Waals surface area contributed by atoms with Gasteiger partial charge in [-0.25, -0.2) is 0 Å². The third kappa shape index (κ3) is 2.29. The molecule has 3 rings (SSSR count). The Balaban J connectivity index is 2.10. The van der Waals surface area contributed by atoms with Gasteiger partial charge in [0.25, 0.3) is 5.91 Å². The van der Waals surface area contributed by atoms with Gasteiger partial charge in [0.2, 0.25) is 0 Å². The maximum absolute atomic E-state index is 12.2. The number of carbonyl (C=O) groups is 1. The fraction of sp³-hybridized carbons (Fsp3) is 0.0625. The molecule has 0 aromatic heterocycles. The van der Waals surface area contributed by atoms with Crippen molar-refractivity contribution in [1.29, 1.82) is 0 Å². The van der Waals surface area contributed by atoms with Crippen molar-refractivity contribution in [2.24, 2.45) is 0 Å². The molecular weight excluding hydrogens is 254 g/mol. The van der Waals surface area contributed by atoms with Gasteiger partial charge < -0.3 is 4.90 Å². The van der Waals surface area contributed by atoms with Crippen molar-refractivity contribution in [3.8, 4) is 0 Å². The molecule has 0 bridgehead atoms. The zero-order chi connectivity index (χ0) is 13.2. The van der Waals surface area contributed by atoms with Crippen molar-refractivity contribution < 1.29 is 4.79 Å². The summed E-state index contributed by atoms with van der Waals surface area (Å²) in [5.41, 5.74) is 2.03. The predicted molar refractivity (Wildman–Crippen MR) is 80.1 cm³/mol. The van der Waals surface area contributed by atoms with Gasteiger partial charge in [-0.15, -0.1) is 0 Å². The molecule has 19 heavy (non-hydrogen) atoms. The number of hydrogen-bond donors (Lipinski definition) is 0. The molecule has 2 nitrogen and oxygen atoms in total. The Morgan fingerprint density at radius 3 is 2.42 bits per heavy atom. The van der Waals surface area contributed by atoms with E-state index in [-0.39, 0.29) is 5.91 Å². The lowest BCUT2D eigenvalue weighted by Gasteiger charge is -2.15. The lowest BCUT2D eigenvalue weighted by Crippen LogP contribution is -2.23. The van der Waals surface area contributed by atoms with Gasteiger partial charge in [-0.3, -0.25) is 4.79 Å². The van der Waals surface area contributed by atoms with Gasteiger partial charge in [-0.2, -0.15) is 0 Å². The molecule has 3 heteroatoms. The predicted octanol–water partition coefficient (Wildman–Crippen LogP) is 3.80. The van der Waals surface area contributed by atoms with Crippen LogP contribution in [0.4, 0.5) is 5.69 Å². The van der Waals surface area contributed by atoms with E-state index >= 15 is 0 Å². The highest BCUT2D eigenvalue weighted by Crippen LogP contribution is 2.41. The van der Waals surface area contributed by atoms with E-state index in [1.807, 2.05) is 61.6 Å². The first-order chi connectivity index (χ1) is 9.25. The molecule has 1 heterocycles. The molecule has 1 aliphatic rings. The minimum atomic E-state index is 0.0105. The topological polar surface area (TPSA) is 20.3 Å². The number of thioether (sulfide) groups is 1. The molecule has 0 saturated heterocycles. The van der Waals surface area contributed by atoms with Gasteiger partial charge in [-0.05, 0) is 17.7 Å². The van der Waals surface area contributed by atoms with E-state index in [1.54, 1.807) is 22.7 Å². The SMILES string of the molecule is CN1C(=O)C=C(c2ccccc2)Sc2ccccc21. The number of anilines is 1. The summed E-state index contributed by atoms with van der Waals surface area (Å²) in [4.78, 5) is 16.0. The van der Waals surface area contributed by atoms with E-state index in [4.69, 9.17) is 0 Å². The van der Waals surface area contributed by atoms with Gasteiger partial charge in [0.15, 0.2) is 0 Å². The van der Waals surface area contributed by atoms with Crippen LogP contribution < -0.4 is 4.90 Å². The standard InChI is InChI=1S/C16H13NOS/c1-17-13-9-5-6-10-14(13)19-15(11-16(17)18)12-7-3-2-4-8-12/h2-11H,1H3. The maximum atomic E-state index is 12.2. The molecule has 0 unspecified atom stereocenters. The Hall–Kier alpha value is -2.00. The number of amides is 1. The summed E-state index contributed by atoms with van der Waals surface area (Å²) in [6.45, 7) is 0. The van der Waals surface area contributed by atoms with Crippen LogP contribution in [0.25, 0.3) is 4.91 Å². The summed E-state index contributed by atoms with van der Waals surface area (Å²) >= 11 is 1.64. The molecule has 0 spiro atoms. The van der Waals surface area contributed by atoms with Crippen LogP contribution in [0.5, 0.6) is 0 Å². The van der Waals surface area contributed by atoms with Crippen LogP contribution >= 0.6 is 11.8 Å². The highest BCUT2D eigenvalue weighted by Gasteiger charge is 2.19. The highest BCUT2D eigenvalue weighted by molar-refractivity contribution is 8.08. The van der Waals surface area contributed by atoms with Crippen LogP contribution in [0.2, 0.25) is 0 Å². The van der Waals surface area contributed by atoms with Crippen LogP contribution in [0.15, 0.2) is 65.6 Å². The van der Waals surface area contributed by atoms with Crippen molar-refractivity contribution in [1.82, 2.24) is 0 Å². The van der Waals surface area contributed by atoms with Gasteiger partial charge in [0.1, 0.15) is 0 Å². The molecule has 1 amide bonds. The fourth-order valence-electron chi connectivity index (χ4n) is 2.04. The largest absolute Gasteiger partial charge is 0.311 e. The average molecular weight is 267 g/mol. The minimum Gasteiger partial charge on any atom is -0.311 e. The minimum absolute atomic E-state index is 0.0105. The molecule has 2 aromatic rings. The van der Waals surface area contributed by atoms with Crippen LogP contribution in [-0.4, -0.2) is 13.0 Å². The molecule has 94 valence electrons. The van der Waals surface area contributed by atoms with E-state index < -0.39 is 0 Å². The number of nitrogens with zero attached hydrogens (tertiary/aromatic N) is 1. The maximum Gasteiger partial charge on any atom is 0.251 e. The Morgan fingerprint density at radius 1 is 0.947 bits per heavy atom. The lowest BCUT2D eigenvalue weighted by molar-refractivity contribution is -0.113. The molecule has 0 aliphatic carbocycles. The van der Waals surface area contributed by atoms with Crippen molar-refractivity contribution in [2.45, 2.75) is 4.90 Å². The second-order valence-electron chi connectivity index (χ2n) is 4.34. The third-order valence-corrected chi connectivity index (χ3v) is 4.23. The summed E-state index contributed by atoms with van der Waals surface area (Å²) in [5.74, 6) is 0.0105. The monoisotopic (exact) mass is 267 g/mol. The Morgan fingerprint density at radius 2 is 1.63 bits per heavy atom. The Kier molecular flexibility index (Phi) is 3.13. The van der Waals surface area contributed by atoms with Gasteiger partial charge in [0, 0.05) is 22.9 Å². The molecule has 0 fully saturated rings. The molecule has 2 aromatic carbocycles. The number of hydrogen-bond acceptors (Lipinski definition) is 2. The summed E-state index contributed by atoms with van der Waals surface area (Å²) < 4.78 is 0. The van der Waals surface area contributed by atoms with Gasteiger partial charge in [0.05, 0.1) is 5.69 Å². The molecule has 1 aliphatic heterocycles. The zero-order valence-corrected chi connectivity index (χ0v) is 11.4. The van der Waals surface area contributed by atoms with Crippen LogP contribution in [0.3, 0.4) is 0 Å². The normalized spacial score (nSPS) is 14.7. The lowest BCUT2D eigenvalue weighted by atomic mass is 10.2. The van der Waals surface area contributed by atoms with Crippen LogP contribution in [0, 0.1) is 0 Å². The third-order valence-electron chi connectivity index (χ3n) is 3.09. The second-order valence-corrected chi connectivity index (χ2v) is 5.43. The van der Waals surface area contributed by atoms with E-state index in [0.29, 0.717) is 0 Å². The first-order valence-corrected chi connectivity index (χ1v) is 6.89. The fourth-order valence-corrected chi connectivity index (χ4v) is 3.15. The molecule has 0 atom stereocenters. The van der Waals surface area contributed by atoms with Gasteiger partial charge >= 0.3 is 0 Å². The van der Waals surface area contributed by atoms with E-state index in [1.165, 1.54) is 0 Å². The van der Waals surface area contributed by atoms with Crippen molar-refractivity contribution in [2.75, 3.05) is 11.9 Å². The summed E-state index contributed by atoms with van der Waals surface area (Å²) in [6.07, 6.45) is 1.71. The number of carbonyl (C=O) groups excluding carboxylic acids is 1. The van der Waals surface area contributed by atoms with Crippen LogP contribution in [-0.2, 0) is 4.79 Å². The molecular formula is C16H13NOS. The van der Waals surface area contributed by atoms with Crippen LogP contribution in [0.1, 0.15) is 5.56 Å². The molecule has 0 N–H and O–H groups in total. The number of benzene rings is 2. The first-order valence-electron chi connectivity index (χ1n) is 6.07. The smallest absolute Gasteiger partial charge is 0.251 e. The second kappa shape index (κ2) is 4.94. The number of para-hydroxylation sites is 1. The Labute approximate surface area is 116 Å². The summed E-state index contributed by atoms with van der Waals surface area (Å²) in [7, 11) is 1.81. The number of fused-ring (bicyclic) bond motifs is 1. The van der Waals surface area contributed by atoms with E-state index in [0.717, 1.165) is 21.1 Å². The average Bonchev–Trinajstić information content (AvgIpc) is 2.58. The summed E-state index contributed by atoms with van der Waals surface area (Å²) in [6, 6.07) is 18.0. The number of rotatable bonds is 1. The van der Waals surface area contributed by atoms with E-state index in [2.05, 4.69) is 0 Å². The van der Waals surface area contributed by atoms with E-state index in [9.17, 15) is 4.79 Å². The summed E-state index contributed by atoms with van der Waals surface area (Å²) in [5, 5.41) is 0. The quantitative estimate of drug-likeness (QED) is 0.783. The van der Waals surface area contributed by atoms with Gasteiger partial charge in [-0.1, -0.05) is 54.2 Å². The number of likely N-dealkylation sites (N-methyl/N-ethyl adjacent to an activating group) is 1.